The zero-order valence-corrected chi connectivity index (χ0v) is 12.0. The van der Waals surface area contributed by atoms with Crippen LogP contribution in [0, 0.1) is 24.2 Å². The summed E-state index contributed by atoms with van der Waals surface area (Å²) in [7, 11) is 0. The molecule has 3 heteroatoms. The number of hydrogen-bond acceptors (Lipinski definition) is 2. The van der Waals surface area contributed by atoms with Gasteiger partial charge < -0.3 is 10.4 Å². The molecule has 0 saturated carbocycles. The second-order valence-corrected chi connectivity index (χ2v) is 5.79. The molecule has 2 N–H and O–H groups in total. The van der Waals surface area contributed by atoms with Gasteiger partial charge in [0.05, 0.1) is 5.69 Å². The van der Waals surface area contributed by atoms with E-state index in [1.165, 1.54) is 0 Å². The Labute approximate surface area is 115 Å². The van der Waals surface area contributed by atoms with E-state index in [0.717, 1.165) is 11.1 Å². The fourth-order valence-corrected chi connectivity index (χ4v) is 1.68. The monoisotopic (exact) mass is 259 g/mol. The van der Waals surface area contributed by atoms with Crippen LogP contribution in [0.3, 0.4) is 0 Å². The fourth-order valence-electron chi connectivity index (χ4n) is 1.68. The first kappa shape index (κ1) is 15.3. The summed E-state index contributed by atoms with van der Waals surface area (Å²) in [6.07, 6.45) is 0.452. The van der Waals surface area contributed by atoms with Crippen molar-refractivity contribution in [2.45, 2.75) is 34.1 Å². The van der Waals surface area contributed by atoms with Crippen LogP contribution >= 0.6 is 0 Å². The maximum Gasteiger partial charge on any atom is 0.224 e. The zero-order valence-electron chi connectivity index (χ0n) is 12.0. The van der Waals surface area contributed by atoms with Crippen molar-refractivity contribution in [2.75, 3.05) is 11.9 Å². The minimum Gasteiger partial charge on any atom is -0.384 e. The Balaban J connectivity index is 2.93. The lowest BCUT2D eigenvalue weighted by Gasteiger charge is -2.18. The Morgan fingerprint density at radius 2 is 2.05 bits per heavy atom. The topological polar surface area (TPSA) is 49.3 Å². The number of nitrogens with one attached hydrogen (secondary N) is 1. The molecule has 1 amide bonds. The average molecular weight is 259 g/mol. The minimum atomic E-state index is -0.191. The lowest BCUT2D eigenvalue weighted by atomic mass is 9.92. The lowest BCUT2D eigenvalue weighted by molar-refractivity contribution is -0.117. The lowest BCUT2D eigenvalue weighted by Crippen LogP contribution is -2.20. The van der Waals surface area contributed by atoms with E-state index in [-0.39, 0.29) is 17.9 Å². The van der Waals surface area contributed by atoms with E-state index in [1.54, 1.807) is 0 Å². The van der Waals surface area contributed by atoms with Crippen LogP contribution in [0.2, 0.25) is 0 Å². The number of carbonyl (C=O) groups is 1. The molecule has 0 atom stereocenters. The first-order valence-electron chi connectivity index (χ1n) is 6.32. The molecule has 1 aromatic carbocycles. The van der Waals surface area contributed by atoms with Crippen LogP contribution in [0.4, 0.5) is 5.69 Å². The smallest absolute Gasteiger partial charge is 0.224 e. The van der Waals surface area contributed by atoms with Crippen molar-refractivity contribution in [3.8, 4) is 11.8 Å². The van der Waals surface area contributed by atoms with Crippen LogP contribution in [0.1, 0.15) is 38.3 Å². The van der Waals surface area contributed by atoms with Gasteiger partial charge in [-0.15, -0.1) is 0 Å². The predicted molar refractivity (Wildman–Crippen MR) is 77.8 cm³/mol. The summed E-state index contributed by atoms with van der Waals surface area (Å²) < 4.78 is 0. The minimum absolute atomic E-state index is 0.0230. The third-order valence-electron chi connectivity index (χ3n) is 2.44. The Morgan fingerprint density at radius 3 is 2.63 bits per heavy atom. The number of aryl methyl sites for hydroxylation is 1. The second kappa shape index (κ2) is 6.40. The van der Waals surface area contributed by atoms with Gasteiger partial charge in [-0.3, -0.25) is 4.79 Å². The van der Waals surface area contributed by atoms with Gasteiger partial charge in [0, 0.05) is 12.0 Å². The van der Waals surface area contributed by atoms with Crippen molar-refractivity contribution < 1.29 is 9.90 Å². The van der Waals surface area contributed by atoms with Crippen LogP contribution in [0.5, 0.6) is 0 Å². The van der Waals surface area contributed by atoms with Crippen molar-refractivity contribution >= 4 is 11.6 Å². The molecule has 0 bridgehead atoms. The van der Waals surface area contributed by atoms with Crippen LogP contribution in [-0.4, -0.2) is 17.6 Å². The predicted octanol–water partition coefficient (Wildman–Crippen LogP) is 2.71. The third-order valence-corrected chi connectivity index (χ3v) is 2.44. The molecule has 0 saturated heterocycles. The molecule has 0 aliphatic carbocycles. The van der Waals surface area contributed by atoms with Gasteiger partial charge in [0.2, 0.25) is 5.91 Å². The van der Waals surface area contributed by atoms with Gasteiger partial charge >= 0.3 is 0 Å². The van der Waals surface area contributed by atoms with Gasteiger partial charge in [0.15, 0.2) is 0 Å². The first-order valence-corrected chi connectivity index (χ1v) is 6.32. The number of carbonyl (C=O) groups excluding carboxylic acids is 1. The van der Waals surface area contributed by atoms with Gasteiger partial charge in [-0.05, 0) is 30.0 Å². The number of hydrogen-bond donors (Lipinski definition) is 2. The van der Waals surface area contributed by atoms with Crippen LogP contribution in [0.25, 0.3) is 0 Å². The van der Waals surface area contributed by atoms with E-state index in [0.29, 0.717) is 12.1 Å². The van der Waals surface area contributed by atoms with Crippen molar-refractivity contribution in [3.05, 3.63) is 29.3 Å². The normalized spacial score (nSPS) is 10.6. The number of aliphatic hydroxyl groups is 1. The molecule has 1 aromatic rings. The Kier molecular flexibility index (Phi) is 5.14. The molecule has 1 rings (SSSR count). The fraction of sp³-hybridized carbons (Fsp3) is 0.438. The van der Waals surface area contributed by atoms with Gasteiger partial charge in [0.1, 0.15) is 6.61 Å². The Hall–Kier alpha value is -1.79. The molecule has 0 unspecified atom stereocenters. The molecule has 102 valence electrons. The molecule has 0 aromatic heterocycles. The van der Waals surface area contributed by atoms with Crippen LogP contribution < -0.4 is 5.32 Å². The molecule has 0 aliphatic rings. The molecular formula is C16H21NO2. The average Bonchev–Trinajstić information content (AvgIpc) is 2.25. The Morgan fingerprint density at radius 1 is 1.37 bits per heavy atom. The second-order valence-electron chi connectivity index (χ2n) is 5.79. The third kappa shape index (κ3) is 5.58. The summed E-state index contributed by atoms with van der Waals surface area (Å²) in [5, 5.41) is 11.6. The van der Waals surface area contributed by atoms with E-state index in [2.05, 4.69) is 17.2 Å². The summed E-state index contributed by atoms with van der Waals surface area (Å²) in [5.41, 5.74) is 2.43. The largest absolute Gasteiger partial charge is 0.384 e. The number of aliphatic hydroxyl groups excluding tert-OH is 1. The molecule has 0 radical (unpaired) electrons. The van der Waals surface area contributed by atoms with Gasteiger partial charge in [-0.2, -0.15) is 0 Å². The summed E-state index contributed by atoms with van der Waals surface area (Å²) in [5.74, 6) is 5.42. The molecule has 0 heterocycles. The molecule has 0 fully saturated rings. The maximum atomic E-state index is 12.0. The highest BCUT2D eigenvalue weighted by atomic mass is 16.2. The standard InChI is InChI=1S/C16H21NO2/c1-12-7-8-13(6-5-9-18)14(10-12)17-15(19)11-16(2,3)4/h7-8,10,18H,9,11H2,1-4H3,(H,17,19). The van der Waals surface area contributed by atoms with Crippen molar-refractivity contribution in [1.29, 1.82) is 0 Å². The highest BCUT2D eigenvalue weighted by molar-refractivity contribution is 5.92. The van der Waals surface area contributed by atoms with Gasteiger partial charge in [0.25, 0.3) is 0 Å². The van der Waals surface area contributed by atoms with E-state index in [9.17, 15) is 4.79 Å². The molecule has 3 nitrogen and oxygen atoms in total. The summed E-state index contributed by atoms with van der Waals surface area (Å²) >= 11 is 0. The number of amides is 1. The summed E-state index contributed by atoms with van der Waals surface area (Å²) in [6.45, 7) is 7.84. The molecular weight excluding hydrogens is 238 g/mol. The van der Waals surface area contributed by atoms with E-state index in [4.69, 9.17) is 5.11 Å². The van der Waals surface area contributed by atoms with E-state index in [1.807, 2.05) is 45.9 Å². The summed E-state index contributed by atoms with van der Waals surface area (Å²) in [6, 6.07) is 5.67. The van der Waals surface area contributed by atoms with E-state index >= 15 is 0 Å². The number of anilines is 1. The molecule has 19 heavy (non-hydrogen) atoms. The number of benzene rings is 1. The highest BCUT2D eigenvalue weighted by Gasteiger charge is 2.16. The van der Waals surface area contributed by atoms with E-state index < -0.39 is 0 Å². The van der Waals surface area contributed by atoms with Crippen molar-refractivity contribution in [2.24, 2.45) is 5.41 Å². The van der Waals surface area contributed by atoms with Crippen molar-refractivity contribution in [1.82, 2.24) is 0 Å². The molecule has 0 spiro atoms. The van der Waals surface area contributed by atoms with Crippen molar-refractivity contribution in [3.63, 3.8) is 0 Å². The Bertz CT molecular complexity index is 516. The quantitative estimate of drug-likeness (QED) is 0.802. The first-order chi connectivity index (χ1) is 8.81. The van der Waals surface area contributed by atoms with Crippen LogP contribution in [0.15, 0.2) is 18.2 Å². The highest BCUT2D eigenvalue weighted by Crippen LogP contribution is 2.21. The number of rotatable bonds is 2. The SMILES string of the molecule is Cc1ccc(C#CCO)c(NC(=O)CC(C)(C)C)c1. The van der Waals surface area contributed by atoms with Gasteiger partial charge in [-0.25, -0.2) is 0 Å². The molecule has 0 aliphatic heterocycles. The zero-order chi connectivity index (χ0) is 14.5. The van der Waals surface area contributed by atoms with Crippen LogP contribution in [-0.2, 0) is 4.79 Å². The maximum absolute atomic E-state index is 12.0. The summed E-state index contributed by atoms with van der Waals surface area (Å²) in [4.78, 5) is 12.0. The van der Waals surface area contributed by atoms with Gasteiger partial charge in [-0.1, -0.05) is 38.7 Å².